The number of benzene rings is 2. The Morgan fingerprint density at radius 3 is 2.11 bits per heavy atom. The summed E-state index contributed by atoms with van der Waals surface area (Å²) in [5.41, 5.74) is 2.41. The van der Waals surface area contributed by atoms with Gasteiger partial charge in [-0.3, -0.25) is 4.84 Å². The van der Waals surface area contributed by atoms with E-state index in [0.29, 0.717) is 5.56 Å². The quantitative estimate of drug-likeness (QED) is 0.677. The van der Waals surface area contributed by atoms with Crippen molar-refractivity contribution in [1.29, 1.82) is 0 Å². The van der Waals surface area contributed by atoms with E-state index in [4.69, 9.17) is 4.84 Å². The molecule has 0 spiro atoms. The number of aliphatic hydroxyl groups excluding tert-OH is 1. The topological polar surface area (TPSA) is 88.0 Å². The Hall–Kier alpha value is -2.06. The lowest BCUT2D eigenvalue weighted by molar-refractivity contribution is -0.0896. The van der Waals surface area contributed by atoms with Crippen LogP contribution in [0.15, 0.2) is 65.0 Å². The summed E-state index contributed by atoms with van der Waals surface area (Å²) in [5.74, 6) is 0. The highest BCUT2D eigenvalue weighted by molar-refractivity contribution is 7.61. The minimum atomic E-state index is -2.71. The molecule has 2 atom stereocenters. The highest BCUT2D eigenvalue weighted by Gasteiger charge is 2.41. The van der Waals surface area contributed by atoms with Gasteiger partial charge in [0, 0.05) is 13.0 Å². The van der Waals surface area contributed by atoms with E-state index in [1.54, 1.807) is 24.3 Å². The molecule has 0 amide bonds. The average Bonchev–Trinajstić information content (AvgIpc) is 2.61. The number of nitrogens with one attached hydrogen (secondary N) is 1. The predicted molar refractivity (Wildman–Crippen MR) is 104 cm³/mol. The van der Waals surface area contributed by atoms with Gasteiger partial charge in [-0.25, -0.2) is 0 Å². The molecule has 6 nitrogen and oxygen atoms in total. The summed E-state index contributed by atoms with van der Waals surface area (Å²) in [6.07, 6.45) is -0.912. The molecule has 0 aliphatic rings. The molecule has 0 bridgehead atoms. The lowest BCUT2D eigenvalue weighted by atomic mass is 9.80. The second kappa shape index (κ2) is 9.23. The van der Waals surface area contributed by atoms with Crippen molar-refractivity contribution >= 4 is 10.5 Å². The van der Waals surface area contributed by atoms with Crippen LogP contribution >= 0.6 is 0 Å². The SMILES string of the molecule is CC(C)(C)ONC[C@@H](O)[C@@](Cc1ccccc1)(N=S(=O)=O)c1ccccc1. The zero-order valence-electron chi connectivity index (χ0n) is 15.8. The number of hydrogen-bond acceptors (Lipinski definition) is 6. The van der Waals surface area contributed by atoms with E-state index in [9.17, 15) is 13.5 Å². The number of rotatable bonds is 8. The van der Waals surface area contributed by atoms with Gasteiger partial charge in [-0.1, -0.05) is 60.7 Å². The molecule has 0 aliphatic carbocycles. The highest BCUT2D eigenvalue weighted by Crippen LogP contribution is 2.34. The minimum absolute atomic E-state index is 0.0136. The van der Waals surface area contributed by atoms with Gasteiger partial charge in [0.1, 0.15) is 5.54 Å². The molecule has 7 heteroatoms. The van der Waals surface area contributed by atoms with Crippen LogP contribution in [0.5, 0.6) is 0 Å². The van der Waals surface area contributed by atoms with Gasteiger partial charge in [0.05, 0.1) is 11.7 Å². The normalized spacial score (nSPS) is 15.0. The Labute approximate surface area is 161 Å². The van der Waals surface area contributed by atoms with E-state index >= 15 is 0 Å². The maximum absolute atomic E-state index is 11.6. The fourth-order valence-electron chi connectivity index (χ4n) is 2.83. The first-order chi connectivity index (χ1) is 12.7. The van der Waals surface area contributed by atoms with Crippen molar-refractivity contribution in [2.24, 2.45) is 4.36 Å². The maximum atomic E-state index is 11.6. The molecule has 2 aromatic carbocycles. The van der Waals surface area contributed by atoms with E-state index < -0.39 is 27.7 Å². The van der Waals surface area contributed by atoms with Gasteiger partial charge in [-0.05, 0) is 31.9 Å². The third kappa shape index (κ3) is 6.25. The standard InChI is InChI=1S/C20H26N2O4S/c1-19(2,3)26-21-15-18(23)20(22-27(24)25,17-12-8-5-9-13-17)14-16-10-6-4-7-11-16/h4-13,18,21,23H,14-15H2,1-3H3/t18-,20+/m1/s1. The molecule has 0 saturated carbocycles. The average molecular weight is 391 g/mol. The number of hydrogen-bond donors (Lipinski definition) is 2. The largest absolute Gasteiger partial charge is 0.389 e. The summed E-state index contributed by atoms with van der Waals surface area (Å²) >= 11 is 0. The van der Waals surface area contributed by atoms with Crippen molar-refractivity contribution in [3.8, 4) is 0 Å². The molecule has 0 aromatic heterocycles. The van der Waals surface area contributed by atoms with Crippen LogP contribution in [-0.4, -0.2) is 31.8 Å². The van der Waals surface area contributed by atoms with Gasteiger partial charge >= 0.3 is 10.5 Å². The fraction of sp³-hybridized carbons (Fsp3) is 0.400. The van der Waals surface area contributed by atoms with Crippen molar-refractivity contribution in [2.45, 2.75) is 44.4 Å². The van der Waals surface area contributed by atoms with Gasteiger partial charge in [0.15, 0.2) is 0 Å². The Balaban J connectivity index is 2.45. The monoisotopic (exact) mass is 390 g/mol. The number of hydroxylamine groups is 1. The third-order valence-electron chi connectivity index (χ3n) is 4.03. The summed E-state index contributed by atoms with van der Waals surface area (Å²) in [4.78, 5) is 5.48. The van der Waals surface area contributed by atoms with Crippen LogP contribution in [0.25, 0.3) is 0 Å². The lowest BCUT2D eigenvalue weighted by Crippen LogP contribution is -2.47. The minimum Gasteiger partial charge on any atom is -0.389 e. The second-order valence-electron chi connectivity index (χ2n) is 7.34. The Bertz CT molecular complexity index is 841. The molecule has 0 radical (unpaired) electrons. The number of nitrogens with zero attached hydrogens (tertiary/aromatic N) is 1. The van der Waals surface area contributed by atoms with Crippen LogP contribution in [0.3, 0.4) is 0 Å². The van der Waals surface area contributed by atoms with Crippen LogP contribution < -0.4 is 5.48 Å². The fourth-order valence-corrected chi connectivity index (χ4v) is 3.39. The Morgan fingerprint density at radius 2 is 1.59 bits per heavy atom. The molecule has 2 aromatic rings. The molecule has 0 unspecified atom stereocenters. The summed E-state index contributed by atoms with van der Waals surface area (Å²) < 4.78 is 27.1. The summed E-state index contributed by atoms with van der Waals surface area (Å²) in [6.45, 7) is 5.63. The van der Waals surface area contributed by atoms with Gasteiger partial charge in [-0.15, -0.1) is 0 Å². The first kappa shape index (κ1) is 21.2. The molecular formula is C20H26N2O4S. The highest BCUT2D eigenvalue weighted by atomic mass is 32.2. The summed E-state index contributed by atoms with van der Waals surface area (Å²) in [6, 6.07) is 18.3. The van der Waals surface area contributed by atoms with Crippen molar-refractivity contribution < 1.29 is 18.4 Å². The summed E-state index contributed by atoms with van der Waals surface area (Å²) in [5, 5.41) is 11.0. The molecular weight excluding hydrogens is 364 g/mol. The van der Waals surface area contributed by atoms with Crippen molar-refractivity contribution in [1.82, 2.24) is 5.48 Å². The van der Waals surface area contributed by atoms with E-state index in [1.807, 2.05) is 57.2 Å². The molecule has 27 heavy (non-hydrogen) atoms. The van der Waals surface area contributed by atoms with Crippen molar-refractivity contribution in [2.75, 3.05) is 6.54 Å². The smallest absolute Gasteiger partial charge is 0.312 e. The van der Waals surface area contributed by atoms with Gasteiger partial charge in [0.25, 0.3) is 0 Å². The van der Waals surface area contributed by atoms with Crippen molar-refractivity contribution in [3.05, 3.63) is 71.8 Å². The van der Waals surface area contributed by atoms with Crippen LogP contribution in [0.1, 0.15) is 31.9 Å². The molecule has 0 heterocycles. The molecule has 0 aliphatic heterocycles. The van der Waals surface area contributed by atoms with E-state index in [1.165, 1.54) is 0 Å². The summed E-state index contributed by atoms with van der Waals surface area (Å²) in [7, 11) is -2.71. The van der Waals surface area contributed by atoms with Crippen LogP contribution in [-0.2, 0) is 27.3 Å². The van der Waals surface area contributed by atoms with E-state index in [-0.39, 0.29) is 13.0 Å². The molecule has 0 saturated heterocycles. The van der Waals surface area contributed by atoms with Gasteiger partial charge in [0.2, 0.25) is 0 Å². The third-order valence-corrected chi connectivity index (χ3v) is 4.51. The van der Waals surface area contributed by atoms with Gasteiger partial charge < -0.3 is 5.11 Å². The van der Waals surface area contributed by atoms with Crippen molar-refractivity contribution in [3.63, 3.8) is 0 Å². The molecule has 0 fully saturated rings. The second-order valence-corrected chi connectivity index (χ2v) is 7.96. The predicted octanol–water partition coefficient (Wildman–Crippen LogP) is 2.87. The maximum Gasteiger partial charge on any atom is 0.312 e. The lowest BCUT2D eigenvalue weighted by Gasteiger charge is -2.34. The van der Waals surface area contributed by atoms with E-state index in [2.05, 4.69) is 9.84 Å². The Morgan fingerprint density at radius 1 is 1.04 bits per heavy atom. The van der Waals surface area contributed by atoms with Gasteiger partial charge in [-0.2, -0.15) is 18.3 Å². The van der Waals surface area contributed by atoms with Crippen LogP contribution in [0, 0.1) is 0 Å². The van der Waals surface area contributed by atoms with Crippen LogP contribution in [0.4, 0.5) is 0 Å². The first-order valence-corrected chi connectivity index (χ1v) is 9.77. The molecule has 2 rings (SSSR count). The zero-order valence-corrected chi connectivity index (χ0v) is 16.6. The van der Waals surface area contributed by atoms with Crippen LogP contribution in [0.2, 0.25) is 0 Å². The van der Waals surface area contributed by atoms with E-state index in [0.717, 1.165) is 5.56 Å². The molecule has 2 N–H and O–H groups in total. The zero-order chi connectivity index (χ0) is 19.9. The Kier molecular flexibility index (Phi) is 7.26. The molecule has 146 valence electrons. The first-order valence-electron chi connectivity index (χ1n) is 8.73. The number of aliphatic hydroxyl groups is 1.